The zero-order valence-corrected chi connectivity index (χ0v) is 10.7. The van der Waals surface area contributed by atoms with Crippen LogP contribution >= 0.6 is 0 Å². The van der Waals surface area contributed by atoms with Gasteiger partial charge in [0.15, 0.2) is 0 Å². The van der Waals surface area contributed by atoms with Crippen molar-refractivity contribution in [1.82, 2.24) is 4.90 Å². The fraction of sp³-hybridized carbons (Fsp3) is 0.538. The van der Waals surface area contributed by atoms with Crippen molar-refractivity contribution in [3.63, 3.8) is 0 Å². The summed E-state index contributed by atoms with van der Waals surface area (Å²) in [4.78, 5) is 25.6. The molecule has 2 N–H and O–H groups in total. The third kappa shape index (κ3) is 3.19. The van der Waals surface area contributed by atoms with Crippen LogP contribution in [0.3, 0.4) is 0 Å². The average Bonchev–Trinajstić information content (AvgIpc) is 2.29. The molecule has 0 aromatic heterocycles. The summed E-state index contributed by atoms with van der Waals surface area (Å²) in [5.74, 6) is -0.857. The van der Waals surface area contributed by atoms with Gasteiger partial charge in [-0.15, -0.1) is 13.2 Å². The fourth-order valence-corrected chi connectivity index (χ4v) is 1.87. The van der Waals surface area contributed by atoms with Gasteiger partial charge < -0.3 is 10.6 Å². The quantitative estimate of drug-likeness (QED) is 0.514. The van der Waals surface area contributed by atoms with Crippen LogP contribution in [0.5, 0.6) is 0 Å². The summed E-state index contributed by atoms with van der Waals surface area (Å²) in [5.41, 5.74) is 4.18. The summed E-state index contributed by atoms with van der Waals surface area (Å²) >= 11 is 0. The van der Waals surface area contributed by atoms with Crippen molar-refractivity contribution < 1.29 is 9.59 Å². The Labute approximate surface area is 103 Å². The van der Waals surface area contributed by atoms with E-state index in [-0.39, 0.29) is 18.7 Å². The van der Waals surface area contributed by atoms with E-state index in [9.17, 15) is 9.59 Å². The van der Waals surface area contributed by atoms with Crippen LogP contribution in [0, 0.1) is 5.41 Å². The van der Waals surface area contributed by atoms with Crippen molar-refractivity contribution in [3.05, 3.63) is 25.3 Å². The molecule has 0 aliphatic carbocycles. The molecule has 0 aliphatic heterocycles. The molecule has 2 amide bonds. The van der Waals surface area contributed by atoms with Crippen LogP contribution in [0.25, 0.3) is 0 Å². The van der Waals surface area contributed by atoms with Crippen LogP contribution in [-0.4, -0.2) is 29.8 Å². The van der Waals surface area contributed by atoms with Gasteiger partial charge in [0.1, 0.15) is 5.41 Å². The molecule has 0 radical (unpaired) electrons. The molecule has 0 fully saturated rings. The lowest BCUT2D eigenvalue weighted by atomic mass is 9.78. The molecule has 0 bridgehead atoms. The third-order valence-electron chi connectivity index (χ3n) is 2.92. The van der Waals surface area contributed by atoms with Crippen LogP contribution in [0.1, 0.15) is 26.7 Å². The molecule has 0 saturated carbocycles. The fourth-order valence-electron chi connectivity index (χ4n) is 1.87. The SMILES string of the molecule is C=CCC(CC=C)(C(N)=O)C(=O)N(CC)CC. The number of carbonyl (C=O) groups excluding carboxylic acids is 2. The molecular formula is C13H22N2O2. The van der Waals surface area contributed by atoms with Gasteiger partial charge in [-0.2, -0.15) is 0 Å². The van der Waals surface area contributed by atoms with E-state index in [1.807, 2.05) is 13.8 Å². The van der Waals surface area contributed by atoms with E-state index >= 15 is 0 Å². The van der Waals surface area contributed by atoms with Crippen molar-refractivity contribution in [1.29, 1.82) is 0 Å². The molecule has 4 nitrogen and oxygen atoms in total. The largest absolute Gasteiger partial charge is 0.369 e. The topological polar surface area (TPSA) is 63.4 Å². The Balaban J connectivity index is 5.39. The van der Waals surface area contributed by atoms with E-state index in [1.165, 1.54) is 0 Å². The summed E-state index contributed by atoms with van der Waals surface area (Å²) < 4.78 is 0. The van der Waals surface area contributed by atoms with Crippen molar-refractivity contribution in [3.8, 4) is 0 Å². The molecule has 17 heavy (non-hydrogen) atoms. The van der Waals surface area contributed by atoms with E-state index < -0.39 is 11.3 Å². The minimum Gasteiger partial charge on any atom is -0.369 e. The number of nitrogens with two attached hydrogens (primary N) is 1. The van der Waals surface area contributed by atoms with Crippen LogP contribution in [0.4, 0.5) is 0 Å². The number of rotatable bonds is 8. The third-order valence-corrected chi connectivity index (χ3v) is 2.92. The number of nitrogens with zero attached hydrogens (tertiary/aromatic N) is 1. The Morgan fingerprint density at radius 2 is 1.59 bits per heavy atom. The second-order valence-electron chi connectivity index (χ2n) is 3.91. The first kappa shape index (κ1) is 15.4. The van der Waals surface area contributed by atoms with Crippen molar-refractivity contribution in [2.24, 2.45) is 11.1 Å². The van der Waals surface area contributed by atoms with E-state index in [2.05, 4.69) is 13.2 Å². The first-order chi connectivity index (χ1) is 7.99. The Kier molecular flexibility index (Phi) is 6.25. The molecule has 4 heteroatoms. The summed E-state index contributed by atoms with van der Waals surface area (Å²) in [6, 6.07) is 0. The Hall–Kier alpha value is -1.58. The smallest absolute Gasteiger partial charge is 0.238 e. The highest BCUT2D eigenvalue weighted by atomic mass is 16.2. The maximum atomic E-state index is 12.4. The normalized spacial score (nSPS) is 10.7. The molecule has 0 saturated heterocycles. The standard InChI is InChI=1S/C13H22N2O2/c1-5-9-13(10-6-2,11(14)16)12(17)15(7-3)8-4/h5-6H,1-2,7-10H2,3-4H3,(H2,14,16). The molecule has 0 aromatic rings. The van der Waals surface area contributed by atoms with Gasteiger partial charge in [-0.05, 0) is 26.7 Å². The van der Waals surface area contributed by atoms with Crippen molar-refractivity contribution in [2.45, 2.75) is 26.7 Å². The van der Waals surface area contributed by atoms with Gasteiger partial charge in [0.2, 0.25) is 11.8 Å². The van der Waals surface area contributed by atoms with E-state index in [0.717, 1.165) is 0 Å². The molecular weight excluding hydrogens is 216 g/mol. The van der Waals surface area contributed by atoms with Crippen LogP contribution in [-0.2, 0) is 9.59 Å². The minimum absolute atomic E-state index is 0.240. The van der Waals surface area contributed by atoms with Crippen molar-refractivity contribution >= 4 is 11.8 Å². The number of allylic oxidation sites excluding steroid dienone is 2. The zero-order chi connectivity index (χ0) is 13.5. The van der Waals surface area contributed by atoms with E-state index in [0.29, 0.717) is 13.1 Å². The number of primary amides is 1. The average molecular weight is 238 g/mol. The number of amides is 2. The Morgan fingerprint density at radius 1 is 1.18 bits per heavy atom. The first-order valence-corrected chi connectivity index (χ1v) is 5.81. The van der Waals surface area contributed by atoms with Gasteiger partial charge in [-0.1, -0.05) is 12.2 Å². The Morgan fingerprint density at radius 3 is 1.82 bits per heavy atom. The van der Waals surface area contributed by atoms with Gasteiger partial charge in [0.25, 0.3) is 0 Å². The number of hydrogen-bond acceptors (Lipinski definition) is 2. The zero-order valence-electron chi connectivity index (χ0n) is 10.7. The lowest BCUT2D eigenvalue weighted by Gasteiger charge is -2.32. The second kappa shape index (κ2) is 6.89. The lowest BCUT2D eigenvalue weighted by molar-refractivity contribution is -0.148. The molecule has 0 unspecified atom stereocenters. The van der Waals surface area contributed by atoms with Gasteiger partial charge in [-0.3, -0.25) is 9.59 Å². The van der Waals surface area contributed by atoms with Crippen LogP contribution < -0.4 is 5.73 Å². The van der Waals surface area contributed by atoms with Gasteiger partial charge >= 0.3 is 0 Å². The predicted octanol–water partition coefficient (Wildman–Crippen LogP) is 1.48. The molecule has 0 spiro atoms. The van der Waals surface area contributed by atoms with Gasteiger partial charge in [0, 0.05) is 13.1 Å². The maximum Gasteiger partial charge on any atom is 0.238 e. The maximum absolute atomic E-state index is 12.4. The monoisotopic (exact) mass is 238 g/mol. The summed E-state index contributed by atoms with van der Waals surface area (Å²) in [5, 5.41) is 0. The highest BCUT2D eigenvalue weighted by molar-refractivity contribution is 6.04. The number of hydrogen-bond donors (Lipinski definition) is 1. The predicted molar refractivity (Wildman–Crippen MR) is 69.2 cm³/mol. The van der Waals surface area contributed by atoms with Crippen LogP contribution in [0.2, 0.25) is 0 Å². The Bertz CT molecular complexity index is 297. The highest BCUT2D eigenvalue weighted by Gasteiger charge is 2.44. The molecule has 0 aliphatic rings. The molecule has 96 valence electrons. The first-order valence-electron chi connectivity index (χ1n) is 5.81. The van der Waals surface area contributed by atoms with Gasteiger partial charge in [0.05, 0.1) is 0 Å². The summed E-state index contributed by atoms with van der Waals surface area (Å²) in [6.45, 7) is 12.0. The van der Waals surface area contributed by atoms with E-state index in [4.69, 9.17) is 5.73 Å². The molecule has 0 heterocycles. The summed E-state index contributed by atoms with van der Waals surface area (Å²) in [6.07, 6.45) is 3.58. The van der Waals surface area contributed by atoms with Crippen molar-refractivity contribution in [2.75, 3.05) is 13.1 Å². The lowest BCUT2D eigenvalue weighted by Crippen LogP contribution is -2.51. The molecule has 0 atom stereocenters. The highest BCUT2D eigenvalue weighted by Crippen LogP contribution is 2.30. The minimum atomic E-state index is -1.23. The second-order valence-corrected chi connectivity index (χ2v) is 3.91. The molecule has 0 aromatic carbocycles. The van der Waals surface area contributed by atoms with E-state index in [1.54, 1.807) is 17.1 Å². The number of carbonyl (C=O) groups is 2. The molecule has 0 rings (SSSR count). The van der Waals surface area contributed by atoms with Crippen LogP contribution in [0.15, 0.2) is 25.3 Å². The summed E-state index contributed by atoms with van der Waals surface area (Å²) in [7, 11) is 0. The van der Waals surface area contributed by atoms with Gasteiger partial charge in [-0.25, -0.2) is 0 Å².